The van der Waals surface area contributed by atoms with E-state index in [1.54, 1.807) is 12.3 Å². The fourth-order valence-corrected chi connectivity index (χ4v) is 0.695. The Hall–Kier alpha value is -1.19. The zero-order chi connectivity index (χ0) is 7.56. The quantitative estimate of drug-likeness (QED) is 0.547. The standard InChI is InChI=1S/C6H8BN3/c1-4-6(10-7)2-5(8)3-9-4/h2-3,10H,8H2,1H3. The molecule has 0 fully saturated rings. The second-order valence-electron chi connectivity index (χ2n) is 2.05. The number of nitrogens with one attached hydrogen (secondary N) is 1. The molecule has 10 heavy (non-hydrogen) atoms. The second-order valence-corrected chi connectivity index (χ2v) is 2.05. The minimum atomic E-state index is 0.610. The predicted molar refractivity (Wildman–Crippen MR) is 42.8 cm³/mol. The zero-order valence-electron chi connectivity index (χ0n) is 5.76. The van der Waals surface area contributed by atoms with Crippen LogP contribution in [0.15, 0.2) is 12.3 Å². The first kappa shape index (κ1) is 6.93. The molecule has 1 aromatic rings. The molecule has 0 unspecified atom stereocenters. The number of nitrogens with two attached hydrogens (primary N) is 1. The molecular formula is C6H8BN3. The summed E-state index contributed by atoms with van der Waals surface area (Å²) in [4.78, 5) is 3.98. The van der Waals surface area contributed by atoms with Gasteiger partial charge in [0.2, 0.25) is 7.98 Å². The van der Waals surface area contributed by atoms with Gasteiger partial charge in [0.15, 0.2) is 0 Å². The van der Waals surface area contributed by atoms with Crippen molar-refractivity contribution in [2.45, 2.75) is 6.92 Å². The molecule has 2 radical (unpaired) electrons. The number of anilines is 2. The second kappa shape index (κ2) is 2.60. The summed E-state index contributed by atoms with van der Waals surface area (Å²) in [6, 6.07) is 1.74. The van der Waals surface area contributed by atoms with Crippen molar-refractivity contribution in [2.24, 2.45) is 0 Å². The van der Waals surface area contributed by atoms with Crippen LogP contribution >= 0.6 is 0 Å². The maximum atomic E-state index is 5.44. The van der Waals surface area contributed by atoms with Gasteiger partial charge >= 0.3 is 0 Å². The summed E-state index contributed by atoms with van der Waals surface area (Å²) >= 11 is 0. The zero-order valence-corrected chi connectivity index (χ0v) is 5.76. The van der Waals surface area contributed by atoms with Gasteiger partial charge in [-0.3, -0.25) is 4.98 Å². The first-order chi connectivity index (χ1) is 4.74. The molecule has 1 heterocycles. The third kappa shape index (κ3) is 1.21. The summed E-state index contributed by atoms with van der Waals surface area (Å²) in [5.41, 5.74) is 7.66. The van der Waals surface area contributed by atoms with E-state index in [4.69, 9.17) is 13.7 Å². The average molecular weight is 133 g/mol. The number of nitrogens with zero attached hydrogens (tertiary/aromatic N) is 1. The summed E-state index contributed by atoms with van der Waals surface area (Å²) in [6.07, 6.45) is 1.59. The molecule has 3 N–H and O–H groups in total. The molecule has 0 aliphatic heterocycles. The van der Waals surface area contributed by atoms with Crippen molar-refractivity contribution in [3.8, 4) is 0 Å². The Bertz CT molecular complexity index is 236. The molecule has 1 rings (SSSR count). The van der Waals surface area contributed by atoms with Crippen LogP contribution in [0.2, 0.25) is 0 Å². The van der Waals surface area contributed by atoms with Crippen LogP contribution in [-0.2, 0) is 0 Å². The van der Waals surface area contributed by atoms with Crippen molar-refractivity contribution >= 4 is 19.4 Å². The third-order valence-electron chi connectivity index (χ3n) is 1.26. The SMILES string of the molecule is [B]Nc1cc(N)cnc1C. The number of hydrogen-bond donors (Lipinski definition) is 2. The predicted octanol–water partition coefficient (Wildman–Crippen LogP) is 0.468. The van der Waals surface area contributed by atoms with Gasteiger partial charge in [-0.2, -0.15) is 0 Å². The van der Waals surface area contributed by atoms with Crippen molar-refractivity contribution in [1.29, 1.82) is 0 Å². The first-order valence-corrected chi connectivity index (χ1v) is 2.93. The van der Waals surface area contributed by atoms with E-state index < -0.39 is 0 Å². The Morgan fingerprint density at radius 1 is 1.70 bits per heavy atom. The van der Waals surface area contributed by atoms with Crippen molar-refractivity contribution in [3.05, 3.63) is 18.0 Å². The fourth-order valence-electron chi connectivity index (χ4n) is 0.695. The molecule has 1 aromatic heterocycles. The lowest BCUT2D eigenvalue weighted by molar-refractivity contribution is 1.21. The minimum Gasteiger partial charge on any atom is -0.436 e. The van der Waals surface area contributed by atoms with E-state index in [2.05, 4.69) is 10.2 Å². The van der Waals surface area contributed by atoms with Gasteiger partial charge in [0.1, 0.15) is 0 Å². The van der Waals surface area contributed by atoms with Crippen LogP contribution in [0, 0.1) is 6.92 Å². The Balaban J connectivity index is 3.09. The first-order valence-electron chi connectivity index (χ1n) is 2.93. The molecule has 0 spiro atoms. The Morgan fingerprint density at radius 2 is 2.40 bits per heavy atom. The molecular weight excluding hydrogens is 125 g/mol. The number of aromatic nitrogens is 1. The lowest BCUT2D eigenvalue weighted by Crippen LogP contribution is -1.97. The minimum absolute atomic E-state index is 0.610. The average Bonchev–Trinajstić information content (AvgIpc) is 1.94. The lowest BCUT2D eigenvalue weighted by atomic mass is 10.2. The van der Waals surface area contributed by atoms with E-state index in [-0.39, 0.29) is 0 Å². The van der Waals surface area contributed by atoms with Crippen LogP contribution in [0.25, 0.3) is 0 Å². The van der Waals surface area contributed by atoms with Gasteiger partial charge in [0, 0.05) is 5.69 Å². The molecule has 0 aromatic carbocycles. The highest BCUT2D eigenvalue weighted by atomic mass is 14.8. The molecule has 4 heteroatoms. The van der Waals surface area contributed by atoms with Gasteiger partial charge in [-0.25, -0.2) is 0 Å². The summed E-state index contributed by atoms with van der Waals surface area (Å²) < 4.78 is 0. The van der Waals surface area contributed by atoms with E-state index in [0.717, 1.165) is 11.4 Å². The summed E-state index contributed by atoms with van der Waals surface area (Å²) in [7, 11) is 5.17. The van der Waals surface area contributed by atoms with E-state index in [1.807, 2.05) is 6.92 Å². The molecule has 0 bridgehead atoms. The summed E-state index contributed by atoms with van der Waals surface area (Å²) in [5.74, 6) is 0. The molecule has 0 aliphatic rings. The highest BCUT2D eigenvalue weighted by molar-refractivity contribution is 6.16. The topological polar surface area (TPSA) is 50.9 Å². The molecule has 0 atom stereocenters. The van der Waals surface area contributed by atoms with Gasteiger partial charge in [0.05, 0.1) is 17.6 Å². The van der Waals surface area contributed by atoms with Gasteiger partial charge in [-0.1, -0.05) is 0 Å². The van der Waals surface area contributed by atoms with E-state index in [9.17, 15) is 0 Å². The maximum absolute atomic E-state index is 5.44. The van der Waals surface area contributed by atoms with Crippen molar-refractivity contribution in [1.82, 2.24) is 4.98 Å². The van der Waals surface area contributed by atoms with Crippen LogP contribution < -0.4 is 11.0 Å². The van der Waals surface area contributed by atoms with E-state index in [1.165, 1.54) is 0 Å². The van der Waals surface area contributed by atoms with Crippen molar-refractivity contribution in [2.75, 3.05) is 11.0 Å². The number of rotatable bonds is 1. The fraction of sp³-hybridized carbons (Fsp3) is 0.167. The van der Waals surface area contributed by atoms with Crippen LogP contribution in [0.1, 0.15) is 5.69 Å². The van der Waals surface area contributed by atoms with E-state index >= 15 is 0 Å². The normalized spacial score (nSPS) is 9.30. The smallest absolute Gasteiger partial charge is 0.222 e. The highest BCUT2D eigenvalue weighted by Gasteiger charge is 1.94. The van der Waals surface area contributed by atoms with Crippen LogP contribution in [0.4, 0.5) is 11.4 Å². The Kier molecular flexibility index (Phi) is 1.80. The van der Waals surface area contributed by atoms with Crippen molar-refractivity contribution < 1.29 is 0 Å². The third-order valence-corrected chi connectivity index (χ3v) is 1.26. The number of pyridine rings is 1. The van der Waals surface area contributed by atoms with Crippen LogP contribution in [0.3, 0.4) is 0 Å². The van der Waals surface area contributed by atoms with Gasteiger partial charge in [-0.05, 0) is 13.0 Å². The molecule has 0 saturated carbocycles. The molecule has 3 nitrogen and oxygen atoms in total. The van der Waals surface area contributed by atoms with E-state index in [0.29, 0.717) is 5.69 Å². The maximum Gasteiger partial charge on any atom is 0.222 e. The Morgan fingerprint density at radius 3 is 2.90 bits per heavy atom. The van der Waals surface area contributed by atoms with Crippen molar-refractivity contribution in [3.63, 3.8) is 0 Å². The van der Waals surface area contributed by atoms with Crippen LogP contribution in [-0.4, -0.2) is 13.0 Å². The van der Waals surface area contributed by atoms with Gasteiger partial charge in [0.25, 0.3) is 0 Å². The summed E-state index contributed by atoms with van der Waals surface area (Å²) in [5, 5.41) is 2.49. The largest absolute Gasteiger partial charge is 0.436 e. The molecule has 0 saturated heterocycles. The lowest BCUT2D eigenvalue weighted by Gasteiger charge is -2.03. The number of aryl methyl sites for hydroxylation is 1. The van der Waals surface area contributed by atoms with Gasteiger partial charge in [-0.15, -0.1) is 0 Å². The number of hydrogen-bond acceptors (Lipinski definition) is 3. The number of nitrogen functional groups attached to an aromatic ring is 1. The monoisotopic (exact) mass is 133 g/mol. The highest BCUT2D eigenvalue weighted by Crippen LogP contribution is 2.13. The Labute approximate surface area is 61.1 Å². The molecule has 0 aliphatic carbocycles. The van der Waals surface area contributed by atoms with Crippen LogP contribution in [0.5, 0.6) is 0 Å². The summed E-state index contributed by atoms with van der Waals surface area (Å²) in [6.45, 7) is 1.86. The molecule has 0 amide bonds. The van der Waals surface area contributed by atoms with Gasteiger partial charge < -0.3 is 11.0 Å². The molecule has 50 valence electrons.